The monoisotopic (exact) mass is 470 g/mol. The summed E-state index contributed by atoms with van der Waals surface area (Å²) >= 11 is 0. The highest BCUT2D eigenvalue weighted by molar-refractivity contribution is 7.89. The molecular formula is C21H34N4O6S. The molecule has 0 aliphatic heterocycles. The van der Waals surface area contributed by atoms with Crippen LogP contribution in [0, 0.1) is 16.0 Å². The van der Waals surface area contributed by atoms with E-state index < -0.39 is 31.6 Å². The average Bonchev–Trinajstić information content (AvgIpc) is 2.77. The van der Waals surface area contributed by atoms with Crippen LogP contribution < -0.4 is 10.6 Å². The van der Waals surface area contributed by atoms with Gasteiger partial charge in [-0.1, -0.05) is 51.2 Å². The van der Waals surface area contributed by atoms with E-state index in [1.54, 1.807) is 0 Å². The molecule has 0 heterocycles. The van der Waals surface area contributed by atoms with Gasteiger partial charge in [0.15, 0.2) is 4.90 Å². The zero-order valence-electron chi connectivity index (χ0n) is 18.7. The lowest BCUT2D eigenvalue weighted by Gasteiger charge is -2.27. The first kappa shape index (κ1) is 26.2. The normalized spacial score (nSPS) is 17.1. The van der Waals surface area contributed by atoms with Crippen molar-refractivity contribution < 1.29 is 23.2 Å². The molecule has 0 radical (unpaired) electrons. The molecule has 32 heavy (non-hydrogen) atoms. The largest absolute Gasteiger partial charge is 0.390 e. The number of hydrogen-bond acceptors (Lipinski definition) is 7. The van der Waals surface area contributed by atoms with E-state index in [4.69, 9.17) is 0 Å². The number of rotatable bonds is 12. The molecule has 1 aliphatic carbocycles. The average molecular weight is 471 g/mol. The fraction of sp³-hybridized carbons (Fsp3) is 0.667. The van der Waals surface area contributed by atoms with Crippen LogP contribution in [-0.2, 0) is 14.8 Å². The maximum Gasteiger partial charge on any atom is 0.289 e. The maximum atomic E-state index is 12.8. The number of carbonyl (C=O) groups is 1. The van der Waals surface area contributed by atoms with Gasteiger partial charge in [-0.05, 0) is 24.9 Å². The number of nitrogens with zero attached hydrogens (tertiary/aromatic N) is 2. The lowest BCUT2D eigenvalue weighted by atomic mass is 9.84. The summed E-state index contributed by atoms with van der Waals surface area (Å²) in [5, 5.41) is 27.4. The number of carbonyl (C=O) groups excluding carboxylic acids is 1. The minimum atomic E-state index is -4.19. The van der Waals surface area contributed by atoms with Crippen molar-refractivity contribution in [3.63, 3.8) is 0 Å². The van der Waals surface area contributed by atoms with Gasteiger partial charge in [0.05, 0.1) is 17.1 Å². The summed E-state index contributed by atoms with van der Waals surface area (Å²) in [5.74, 6) is 0.280. The number of amides is 1. The second-order valence-corrected chi connectivity index (χ2v) is 10.3. The summed E-state index contributed by atoms with van der Waals surface area (Å²) in [6, 6.07) is 4.70. The van der Waals surface area contributed by atoms with Gasteiger partial charge in [-0.15, -0.1) is 0 Å². The molecule has 0 unspecified atom stereocenters. The lowest BCUT2D eigenvalue weighted by molar-refractivity contribution is -0.387. The van der Waals surface area contributed by atoms with Crippen LogP contribution in [0.15, 0.2) is 29.2 Å². The molecule has 1 aromatic carbocycles. The number of para-hydroxylation sites is 1. The molecule has 2 rings (SSSR count). The topological polar surface area (TPSA) is 142 Å². The van der Waals surface area contributed by atoms with Crippen molar-refractivity contribution in [1.29, 1.82) is 0 Å². The van der Waals surface area contributed by atoms with Gasteiger partial charge in [0.2, 0.25) is 15.9 Å². The minimum absolute atomic E-state index is 0.123. The van der Waals surface area contributed by atoms with Crippen molar-refractivity contribution in [2.24, 2.45) is 5.92 Å². The van der Waals surface area contributed by atoms with E-state index >= 15 is 0 Å². The molecule has 1 aromatic rings. The molecule has 1 fully saturated rings. The van der Waals surface area contributed by atoms with Crippen LogP contribution in [0.1, 0.15) is 45.4 Å². The molecule has 1 amide bonds. The predicted molar refractivity (Wildman–Crippen MR) is 121 cm³/mol. The van der Waals surface area contributed by atoms with Crippen LogP contribution in [0.5, 0.6) is 0 Å². The SMILES string of the molecule is CCN[C@@H](CC1CCCCC1)C(=O)NC[C@@H](O)CN(C)S(=O)(=O)c1ccccc1[N+](=O)[O-]. The van der Waals surface area contributed by atoms with E-state index in [2.05, 4.69) is 10.6 Å². The summed E-state index contributed by atoms with van der Waals surface area (Å²) in [7, 11) is -2.95. The molecule has 0 bridgehead atoms. The first-order chi connectivity index (χ1) is 15.2. The molecule has 1 saturated carbocycles. The van der Waals surface area contributed by atoms with Gasteiger partial charge in [0, 0.05) is 26.2 Å². The first-order valence-electron chi connectivity index (χ1n) is 11.1. The fourth-order valence-corrected chi connectivity index (χ4v) is 5.44. The number of nitro groups is 1. The predicted octanol–water partition coefficient (Wildman–Crippen LogP) is 1.64. The fourth-order valence-electron chi connectivity index (χ4n) is 4.08. The Bertz CT molecular complexity index is 873. The summed E-state index contributed by atoms with van der Waals surface area (Å²) in [4.78, 5) is 22.6. The summed E-state index contributed by atoms with van der Waals surface area (Å²) < 4.78 is 26.4. The first-order valence-corrected chi connectivity index (χ1v) is 12.5. The Morgan fingerprint density at radius 3 is 2.56 bits per heavy atom. The maximum absolute atomic E-state index is 12.8. The smallest absolute Gasteiger partial charge is 0.289 e. The Kier molecular flexibility index (Phi) is 10.0. The third kappa shape index (κ3) is 7.22. The number of sulfonamides is 1. The van der Waals surface area contributed by atoms with Crippen molar-refractivity contribution in [1.82, 2.24) is 14.9 Å². The Labute approximate surface area is 189 Å². The second kappa shape index (κ2) is 12.2. The van der Waals surface area contributed by atoms with Crippen molar-refractivity contribution in [3.05, 3.63) is 34.4 Å². The number of hydrogen-bond donors (Lipinski definition) is 3. The van der Waals surface area contributed by atoms with E-state index in [1.165, 1.54) is 38.4 Å². The van der Waals surface area contributed by atoms with Crippen LogP contribution in [0.25, 0.3) is 0 Å². The second-order valence-electron chi connectivity index (χ2n) is 8.26. The highest BCUT2D eigenvalue weighted by Crippen LogP contribution is 2.27. The van der Waals surface area contributed by atoms with E-state index in [0.717, 1.165) is 35.7 Å². The highest BCUT2D eigenvalue weighted by atomic mass is 32.2. The van der Waals surface area contributed by atoms with Crippen molar-refractivity contribution in [3.8, 4) is 0 Å². The zero-order valence-corrected chi connectivity index (χ0v) is 19.5. The molecule has 180 valence electrons. The van der Waals surface area contributed by atoms with E-state index in [9.17, 15) is 28.4 Å². The number of nitro benzene ring substituents is 1. The third-order valence-corrected chi connectivity index (χ3v) is 7.66. The molecule has 0 saturated heterocycles. The number of benzene rings is 1. The van der Waals surface area contributed by atoms with E-state index in [1.807, 2.05) is 6.92 Å². The van der Waals surface area contributed by atoms with E-state index in [-0.39, 0.29) is 25.0 Å². The van der Waals surface area contributed by atoms with Crippen LogP contribution >= 0.6 is 0 Å². The summed E-state index contributed by atoms with van der Waals surface area (Å²) in [5.41, 5.74) is -0.529. The molecule has 10 nitrogen and oxygen atoms in total. The lowest BCUT2D eigenvalue weighted by Crippen LogP contribution is -2.48. The van der Waals surface area contributed by atoms with Crippen LogP contribution in [0.3, 0.4) is 0 Å². The number of aliphatic hydroxyl groups excluding tert-OH is 1. The Morgan fingerprint density at radius 1 is 1.28 bits per heavy atom. The number of aliphatic hydroxyl groups is 1. The van der Waals surface area contributed by atoms with Crippen LogP contribution in [0.2, 0.25) is 0 Å². The van der Waals surface area contributed by atoms with Crippen LogP contribution in [-0.4, -0.2) is 67.5 Å². The molecule has 11 heteroatoms. The van der Waals surface area contributed by atoms with Crippen molar-refractivity contribution >= 4 is 21.6 Å². The number of nitrogens with one attached hydrogen (secondary N) is 2. The molecular weight excluding hydrogens is 436 g/mol. The van der Waals surface area contributed by atoms with Gasteiger partial charge in [0.25, 0.3) is 5.69 Å². The van der Waals surface area contributed by atoms with Gasteiger partial charge in [-0.25, -0.2) is 8.42 Å². The van der Waals surface area contributed by atoms with Crippen molar-refractivity contribution in [2.45, 2.75) is 62.5 Å². The summed E-state index contributed by atoms with van der Waals surface area (Å²) in [6.07, 6.45) is 5.41. The van der Waals surface area contributed by atoms with Gasteiger partial charge >= 0.3 is 0 Å². The van der Waals surface area contributed by atoms with E-state index in [0.29, 0.717) is 12.5 Å². The Morgan fingerprint density at radius 2 is 1.94 bits per heavy atom. The van der Waals surface area contributed by atoms with Gasteiger partial charge in [0.1, 0.15) is 0 Å². The Hall–Kier alpha value is -2.08. The molecule has 3 N–H and O–H groups in total. The molecule has 0 aromatic heterocycles. The third-order valence-electron chi connectivity index (χ3n) is 5.79. The van der Waals surface area contributed by atoms with Crippen molar-refractivity contribution in [2.75, 3.05) is 26.7 Å². The molecule has 2 atom stereocenters. The zero-order chi connectivity index (χ0) is 23.7. The van der Waals surface area contributed by atoms with Gasteiger partial charge in [-0.3, -0.25) is 14.9 Å². The molecule has 1 aliphatic rings. The Balaban J connectivity index is 1.93. The standard InChI is InChI=1S/C21H34N4O6S/c1-3-22-18(13-16-9-5-4-6-10-16)21(27)23-14-17(26)15-24(2)32(30,31)20-12-8-7-11-19(20)25(28)29/h7-8,11-12,16-18,22,26H,3-6,9-10,13-15H2,1-2H3,(H,23,27)/t17-,18+/m1/s1. The van der Waals surface area contributed by atoms with Gasteiger partial charge in [-0.2, -0.15) is 4.31 Å². The van der Waals surface area contributed by atoms with Gasteiger partial charge < -0.3 is 15.7 Å². The number of likely N-dealkylation sites (N-methyl/N-ethyl adjacent to an activating group) is 2. The minimum Gasteiger partial charge on any atom is -0.390 e. The van der Waals surface area contributed by atoms with Crippen LogP contribution in [0.4, 0.5) is 5.69 Å². The highest BCUT2D eigenvalue weighted by Gasteiger charge is 2.30. The molecule has 0 spiro atoms. The summed E-state index contributed by atoms with van der Waals surface area (Å²) in [6.45, 7) is 2.13. The quantitative estimate of drug-likeness (QED) is 0.311.